The van der Waals surface area contributed by atoms with Gasteiger partial charge < -0.3 is 19.4 Å². The normalized spacial score (nSPS) is 12.8. The van der Waals surface area contributed by atoms with Crippen LogP contribution in [-0.2, 0) is 16.1 Å². The predicted molar refractivity (Wildman–Crippen MR) is 165 cm³/mol. The molecule has 3 aromatic carbocycles. The number of fused-ring (bicyclic) bond motifs is 1. The van der Waals surface area contributed by atoms with E-state index in [4.69, 9.17) is 21.1 Å². The number of aryl methyl sites for hydroxylation is 1. The van der Waals surface area contributed by atoms with E-state index in [-0.39, 0.29) is 11.9 Å². The largest absolute Gasteiger partial charge is 0.479 e. The standard InChI is InChI=1S/C34H39ClN2O4/c1-8-32(34(39)40-7)41-28-13-14-30(35)27(17-28)19-37-23(6)21(4)29-18-26(12-15-31(29)37)33(38)36-22(5)25-11-9-10-24(16-25)20(2)3/h9-18,20,22,32H,8,19H2,1-7H3,(H,36,38)/t22-,32+/m0/s1. The zero-order valence-electron chi connectivity index (χ0n) is 24.9. The van der Waals surface area contributed by atoms with Gasteiger partial charge in [0.2, 0.25) is 0 Å². The molecule has 1 N–H and O–H groups in total. The van der Waals surface area contributed by atoms with Gasteiger partial charge in [0.05, 0.1) is 13.2 Å². The van der Waals surface area contributed by atoms with Crippen molar-refractivity contribution < 1.29 is 19.1 Å². The van der Waals surface area contributed by atoms with Crippen LogP contribution in [0.2, 0.25) is 5.02 Å². The minimum Gasteiger partial charge on any atom is -0.479 e. The molecule has 41 heavy (non-hydrogen) atoms. The van der Waals surface area contributed by atoms with Crippen molar-refractivity contribution in [2.45, 2.75) is 72.6 Å². The first-order valence-electron chi connectivity index (χ1n) is 14.1. The highest BCUT2D eigenvalue weighted by atomic mass is 35.5. The summed E-state index contributed by atoms with van der Waals surface area (Å²) < 4.78 is 13.0. The van der Waals surface area contributed by atoms with Gasteiger partial charge in [-0.2, -0.15) is 0 Å². The second kappa shape index (κ2) is 12.8. The Hall–Kier alpha value is -3.77. The number of methoxy groups -OCH3 is 1. The van der Waals surface area contributed by atoms with E-state index in [9.17, 15) is 9.59 Å². The molecule has 6 nitrogen and oxygen atoms in total. The molecule has 4 aromatic rings. The molecule has 0 radical (unpaired) electrons. The van der Waals surface area contributed by atoms with E-state index in [1.807, 2.05) is 44.2 Å². The number of nitrogens with one attached hydrogen (secondary N) is 1. The summed E-state index contributed by atoms with van der Waals surface area (Å²) >= 11 is 6.60. The molecule has 0 saturated heterocycles. The maximum Gasteiger partial charge on any atom is 0.347 e. The number of hydrogen-bond acceptors (Lipinski definition) is 4. The first-order valence-corrected chi connectivity index (χ1v) is 14.4. The summed E-state index contributed by atoms with van der Waals surface area (Å²) in [6.45, 7) is 12.9. The van der Waals surface area contributed by atoms with Crippen molar-refractivity contribution in [1.29, 1.82) is 0 Å². The maximum atomic E-state index is 13.3. The summed E-state index contributed by atoms with van der Waals surface area (Å²) in [6, 6.07) is 19.5. The smallest absolute Gasteiger partial charge is 0.347 e. The molecule has 0 bridgehead atoms. The molecule has 1 amide bonds. The number of esters is 1. The van der Waals surface area contributed by atoms with E-state index < -0.39 is 12.1 Å². The number of aromatic nitrogens is 1. The van der Waals surface area contributed by atoms with Crippen LogP contribution in [0.25, 0.3) is 10.9 Å². The summed E-state index contributed by atoms with van der Waals surface area (Å²) in [6.07, 6.45) is -0.193. The number of ether oxygens (including phenoxy) is 2. The molecule has 216 valence electrons. The second-order valence-corrected chi connectivity index (χ2v) is 11.2. The lowest BCUT2D eigenvalue weighted by atomic mass is 9.98. The molecular weight excluding hydrogens is 536 g/mol. The van der Waals surface area contributed by atoms with Crippen LogP contribution in [0.5, 0.6) is 5.75 Å². The molecule has 0 saturated carbocycles. The summed E-state index contributed by atoms with van der Waals surface area (Å²) in [4.78, 5) is 25.3. The first-order chi connectivity index (χ1) is 19.5. The lowest BCUT2D eigenvalue weighted by Gasteiger charge is -2.17. The Balaban J connectivity index is 1.58. The monoisotopic (exact) mass is 574 g/mol. The van der Waals surface area contributed by atoms with Gasteiger partial charge in [0.1, 0.15) is 5.75 Å². The van der Waals surface area contributed by atoms with Gasteiger partial charge in [0, 0.05) is 33.7 Å². The van der Waals surface area contributed by atoms with E-state index >= 15 is 0 Å². The number of benzene rings is 3. The second-order valence-electron chi connectivity index (χ2n) is 10.8. The van der Waals surface area contributed by atoms with Gasteiger partial charge in [-0.25, -0.2) is 4.79 Å². The summed E-state index contributed by atoms with van der Waals surface area (Å²) in [5, 5.41) is 4.78. The number of hydrogen-bond donors (Lipinski definition) is 1. The van der Waals surface area contributed by atoms with Gasteiger partial charge in [0.25, 0.3) is 5.91 Å². The lowest BCUT2D eigenvalue weighted by molar-refractivity contribution is -0.148. The fraction of sp³-hybridized carbons (Fsp3) is 0.353. The van der Waals surface area contributed by atoms with Gasteiger partial charge in [-0.1, -0.05) is 56.6 Å². The number of halogens is 1. The predicted octanol–water partition coefficient (Wildman–Crippen LogP) is 7.90. The van der Waals surface area contributed by atoms with Crippen molar-refractivity contribution in [3.8, 4) is 5.75 Å². The minimum atomic E-state index is -0.683. The van der Waals surface area contributed by atoms with Crippen LogP contribution in [-0.4, -0.2) is 29.7 Å². The third-order valence-electron chi connectivity index (χ3n) is 7.78. The highest BCUT2D eigenvalue weighted by molar-refractivity contribution is 6.31. The van der Waals surface area contributed by atoms with Crippen LogP contribution in [0.1, 0.15) is 84.4 Å². The number of nitrogens with zero attached hydrogens (tertiary/aromatic N) is 1. The lowest BCUT2D eigenvalue weighted by Crippen LogP contribution is -2.27. The summed E-state index contributed by atoms with van der Waals surface area (Å²) in [7, 11) is 1.35. The van der Waals surface area contributed by atoms with Gasteiger partial charge in [0.15, 0.2) is 6.10 Å². The quantitative estimate of drug-likeness (QED) is 0.195. The number of carbonyl (C=O) groups is 2. The Kier molecular flexibility index (Phi) is 9.44. The van der Waals surface area contributed by atoms with Crippen molar-refractivity contribution in [1.82, 2.24) is 9.88 Å². The Labute approximate surface area is 247 Å². The molecule has 0 spiro atoms. The molecule has 0 unspecified atom stereocenters. The van der Waals surface area contributed by atoms with Crippen molar-refractivity contribution >= 4 is 34.4 Å². The SMILES string of the molecule is CC[C@@H](Oc1ccc(Cl)c(Cn2c(C)c(C)c3cc(C(=O)N[C@@H](C)c4cccc(C(C)C)c4)ccc32)c1)C(=O)OC. The van der Waals surface area contributed by atoms with Crippen molar-refractivity contribution in [3.05, 3.63) is 99.2 Å². The van der Waals surface area contributed by atoms with Crippen LogP contribution in [0.15, 0.2) is 60.7 Å². The van der Waals surface area contributed by atoms with Crippen molar-refractivity contribution in [2.75, 3.05) is 7.11 Å². The zero-order valence-corrected chi connectivity index (χ0v) is 25.6. The first kappa shape index (κ1) is 30.2. The summed E-state index contributed by atoms with van der Waals surface area (Å²) in [5.41, 5.74) is 7.02. The zero-order chi connectivity index (χ0) is 29.8. The minimum absolute atomic E-state index is 0.108. The number of rotatable bonds is 10. The van der Waals surface area contributed by atoms with Gasteiger partial charge in [-0.05, 0) is 91.8 Å². The Morgan fingerprint density at radius 2 is 1.71 bits per heavy atom. The van der Waals surface area contributed by atoms with E-state index in [1.54, 1.807) is 12.1 Å². The number of carbonyl (C=O) groups excluding carboxylic acids is 2. The molecule has 2 atom stereocenters. The van der Waals surface area contributed by atoms with E-state index in [0.29, 0.717) is 35.2 Å². The fourth-order valence-corrected chi connectivity index (χ4v) is 5.23. The molecule has 0 aliphatic heterocycles. The Morgan fingerprint density at radius 1 is 0.976 bits per heavy atom. The topological polar surface area (TPSA) is 69.6 Å². The van der Waals surface area contributed by atoms with Crippen molar-refractivity contribution in [3.63, 3.8) is 0 Å². The molecule has 7 heteroatoms. The Bertz CT molecular complexity index is 1570. The molecule has 1 aromatic heterocycles. The van der Waals surface area contributed by atoms with Gasteiger partial charge >= 0.3 is 5.97 Å². The third kappa shape index (κ3) is 6.59. The highest BCUT2D eigenvalue weighted by Crippen LogP contribution is 2.31. The Morgan fingerprint density at radius 3 is 2.39 bits per heavy atom. The average molecular weight is 575 g/mol. The summed E-state index contributed by atoms with van der Waals surface area (Å²) in [5.74, 6) is 0.460. The number of amides is 1. The van der Waals surface area contributed by atoms with Crippen LogP contribution in [0.4, 0.5) is 0 Å². The van der Waals surface area contributed by atoms with Crippen LogP contribution in [0.3, 0.4) is 0 Å². The van der Waals surface area contributed by atoms with E-state index in [1.165, 1.54) is 12.7 Å². The van der Waals surface area contributed by atoms with E-state index in [0.717, 1.165) is 33.3 Å². The van der Waals surface area contributed by atoms with Gasteiger partial charge in [-0.3, -0.25) is 4.79 Å². The van der Waals surface area contributed by atoms with Crippen LogP contribution < -0.4 is 10.1 Å². The maximum absolute atomic E-state index is 13.3. The molecule has 0 fully saturated rings. The average Bonchev–Trinajstić information content (AvgIpc) is 3.21. The third-order valence-corrected chi connectivity index (χ3v) is 8.15. The molecule has 1 heterocycles. The highest BCUT2D eigenvalue weighted by Gasteiger charge is 2.20. The van der Waals surface area contributed by atoms with E-state index in [2.05, 4.69) is 55.8 Å². The molecule has 0 aliphatic rings. The molecule has 0 aliphatic carbocycles. The van der Waals surface area contributed by atoms with Crippen LogP contribution in [0, 0.1) is 13.8 Å². The molecular formula is C34H39ClN2O4. The molecule has 4 rings (SSSR count). The van der Waals surface area contributed by atoms with Crippen LogP contribution >= 0.6 is 11.6 Å². The van der Waals surface area contributed by atoms with Crippen molar-refractivity contribution in [2.24, 2.45) is 0 Å². The van der Waals surface area contributed by atoms with Gasteiger partial charge in [-0.15, -0.1) is 0 Å². The fourth-order valence-electron chi connectivity index (χ4n) is 5.06.